The summed E-state index contributed by atoms with van der Waals surface area (Å²) in [7, 11) is 0. The molecule has 0 heterocycles. The van der Waals surface area contributed by atoms with Crippen molar-refractivity contribution in [1.29, 1.82) is 0 Å². The van der Waals surface area contributed by atoms with Crippen molar-refractivity contribution >= 4 is 17.8 Å². The van der Waals surface area contributed by atoms with Gasteiger partial charge in [-0.3, -0.25) is 14.4 Å². The maximum Gasteiger partial charge on any atom is 0.303 e. The van der Waals surface area contributed by atoms with E-state index in [1.165, 1.54) is 0 Å². The molecule has 92 valence electrons. The number of primary amides is 1. The molecule has 0 aliphatic carbocycles. The van der Waals surface area contributed by atoms with Crippen molar-refractivity contribution in [2.75, 3.05) is 6.54 Å². The SMILES string of the molecule is NC(=O)C(O)CNC(=O)C(N)CCC(=O)O. The van der Waals surface area contributed by atoms with Gasteiger partial charge in [-0.1, -0.05) is 0 Å². The molecule has 0 radical (unpaired) electrons. The van der Waals surface area contributed by atoms with E-state index < -0.39 is 29.9 Å². The van der Waals surface area contributed by atoms with Crippen molar-refractivity contribution in [2.24, 2.45) is 11.5 Å². The molecule has 0 rings (SSSR count). The van der Waals surface area contributed by atoms with Crippen molar-refractivity contribution < 1.29 is 24.6 Å². The van der Waals surface area contributed by atoms with Crippen LogP contribution in [0.4, 0.5) is 0 Å². The van der Waals surface area contributed by atoms with Gasteiger partial charge in [-0.25, -0.2) is 0 Å². The molecule has 2 amide bonds. The molecule has 8 heteroatoms. The number of rotatable bonds is 7. The second kappa shape index (κ2) is 6.75. The molecule has 2 atom stereocenters. The third-order valence-corrected chi connectivity index (χ3v) is 1.80. The van der Waals surface area contributed by atoms with E-state index in [1.54, 1.807) is 0 Å². The van der Waals surface area contributed by atoms with Crippen LogP contribution in [0.5, 0.6) is 0 Å². The highest BCUT2D eigenvalue weighted by Crippen LogP contribution is 1.94. The Kier molecular flexibility index (Phi) is 6.04. The summed E-state index contributed by atoms with van der Waals surface area (Å²) in [6.45, 7) is -0.338. The lowest BCUT2D eigenvalue weighted by atomic mass is 10.1. The smallest absolute Gasteiger partial charge is 0.303 e. The highest BCUT2D eigenvalue weighted by atomic mass is 16.4. The van der Waals surface area contributed by atoms with Crippen molar-refractivity contribution in [3.8, 4) is 0 Å². The minimum Gasteiger partial charge on any atom is -0.481 e. The van der Waals surface area contributed by atoms with Crippen LogP contribution in [0.1, 0.15) is 12.8 Å². The van der Waals surface area contributed by atoms with Crippen LogP contribution in [0.2, 0.25) is 0 Å². The first-order chi connectivity index (χ1) is 7.34. The number of carboxylic acids is 1. The number of carbonyl (C=O) groups is 3. The topological polar surface area (TPSA) is 156 Å². The highest BCUT2D eigenvalue weighted by molar-refractivity contribution is 5.84. The summed E-state index contributed by atoms with van der Waals surface area (Å²) in [6.07, 6.45) is -1.73. The van der Waals surface area contributed by atoms with Gasteiger partial charge in [0.05, 0.1) is 12.6 Å². The van der Waals surface area contributed by atoms with E-state index in [1.807, 2.05) is 0 Å². The zero-order valence-corrected chi connectivity index (χ0v) is 8.55. The maximum atomic E-state index is 11.2. The number of hydrogen-bond acceptors (Lipinski definition) is 5. The van der Waals surface area contributed by atoms with Gasteiger partial charge in [0.25, 0.3) is 0 Å². The molecular weight excluding hydrogens is 218 g/mol. The molecule has 0 aromatic carbocycles. The number of hydrogen-bond donors (Lipinski definition) is 5. The van der Waals surface area contributed by atoms with Gasteiger partial charge in [-0.15, -0.1) is 0 Å². The zero-order valence-electron chi connectivity index (χ0n) is 8.55. The largest absolute Gasteiger partial charge is 0.481 e. The van der Waals surface area contributed by atoms with Gasteiger partial charge in [0.2, 0.25) is 11.8 Å². The molecule has 2 unspecified atom stereocenters. The lowest BCUT2D eigenvalue weighted by Gasteiger charge is -2.12. The third-order valence-electron chi connectivity index (χ3n) is 1.80. The van der Waals surface area contributed by atoms with Crippen molar-refractivity contribution in [1.82, 2.24) is 5.32 Å². The molecule has 0 spiro atoms. The second-order valence-electron chi connectivity index (χ2n) is 3.20. The number of aliphatic hydroxyl groups excluding tert-OH is 1. The first kappa shape index (κ1) is 14.3. The van der Waals surface area contributed by atoms with Gasteiger partial charge in [-0.05, 0) is 6.42 Å². The Morgan fingerprint density at radius 3 is 2.31 bits per heavy atom. The third kappa shape index (κ3) is 5.94. The van der Waals surface area contributed by atoms with Crippen LogP contribution < -0.4 is 16.8 Å². The predicted octanol–water partition coefficient (Wildman–Crippen LogP) is -2.86. The monoisotopic (exact) mass is 233 g/mol. The number of nitrogens with two attached hydrogens (primary N) is 2. The number of nitrogens with one attached hydrogen (secondary N) is 1. The molecule has 0 fully saturated rings. The number of aliphatic carboxylic acids is 1. The average molecular weight is 233 g/mol. The number of carbonyl (C=O) groups excluding carboxylic acids is 2. The summed E-state index contributed by atoms with van der Waals surface area (Å²) in [5, 5.41) is 19.5. The number of aliphatic hydroxyl groups is 1. The minimum absolute atomic E-state index is 0.0200. The molecule has 0 aromatic heterocycles. The quantitative estimate of drug-likeness (QED) is 0.318. The van der Waals surface area contributed by atoms with Crippen LogP contribution in [-0.2, 0) is 14.4 Å². The van der Waals surface area contributed by atoms with Crippen LogP contribution in [0.15, 0.2) is 0 Å². The van der Waals surface area contributed by atoms with Gasteiger partial charge in [-0.2, -0.15) is 0 Å². The lowest BCUT2D eigenvalue weighted by molar-refractivity contribution is -0.137. The number of amides is 2. The fourth-order valence-electron chi connectivity index (χ4n) is 0.839. The molecule has 8 nitrogen and oxygen atoms in total. The van der Waals surface area contributed by atoms with Gasteiger partial charge in [0.15, 0.2) is 0 Å². The van der Waals surface area contributed by atoms with Gasteiger partial charge in [0, 0.05) is 6.42 Å². The first-order valence-electron chi connectivity index (χ1n) is 4.57. The fourth-order valence-corrected chi connectivity index (χ4v) is 0.839. The van der Waals surface area contributed by atoms with Crippen LogP contribution >= 0.6 is 0 Å². The van der Waals surface area contributed by atoms with E-state index in [9.17, 15) is 14.4 Å². The first-order valence-corrected chi connectivity index (χ1v) is 4.57. The maximum absolute atomic E-state index is 11.2. The van der Waals surface area contributed by atoms with Crippen LogP contribution in [0.3, 0.4) is 0 Å². The molecule has 0 aliphatic rings. The van der Waals surface area contributed by atoms with Crippen molar-refractivity contribution in [3.05, 3.63) is 0 Å². The molecule has 0 saturated carbocycles. The molecule has 0 saturated heterocycles. The van der Waals surface area contributed by atoms with E-state index in [-0.39, 0.29) is 19.4 Å². The Morgan fingerprint density at radius 1 is 1.31 bits per heavy atom. The lowest BCUT2D eigenvalue weighted by Crippen LogP contribution is -2.46. The second-order valence-corrected chi connectivity index (χ2v) is 3.20. The van der Waals surface area contributed by atoms with Crippen LogP contribution in [-0.4, -0.2) is 46.7 Å². The van der Waals surface area contributed by atoms with Crippen LogP contribution in [0, 0.1) is 0 Å². The summed E-state index contributed by atoms with van der Waals surface area (Å²) >= 11 is 0. The molecule has 0 aliphatic heterocycles. The molecular formula is C8H15N3O5. The molecule has 0 bridgehead atoms. The van der Waals surface area contributed by atoms with E-state index >= 15 is 0 Å². The molecule has 7 N–H and O–H groups in total. The summed E-state index contributed by atoms with van der Waals surface area (Å²) in [6, 6.07) is -0.990. The van der Waals surface area contributed by atoms with Crippen molar-refractivity contribution in [2.45, 2.75) is 25.0 Å². The minimum atomic E-state index is -1.48. The summed E-state index contributed by atoms with van der Waals surface area (Å²) in [5.74, 6) is -2.65. The fraction of sp³-hybridized carbons (Fsp3) is 0.625. The average Bonchev–Trinajstić information content (AvgIpc) is 2.21. The molecule has 16 heavy (non-hydrogen) atoms. The Labute approximate surface area is 91.6 Å². The van der Waals surface area contributed by atoms with E-state index in [0.717, 1.165) is 0 Å². The van der Waals surface area contributed by atoms with Crippen molar-refractivity contribution in [3.63, 3.8) is 0 Å². The predicted molar refractivity (Wildman–Crippen MR) is 53.1 cm³/mol. The molecule has 0 aromatic rings. The van der Waals surface area contributed by atoms with E-state index in [0.29, 0.717) is 0 Å². The Morgan fingerprint density at radius 2 is 1.88 bits per heavy atom. The zero-order chi connectivity index (χ0) is 12.7. The summed E-state index contributed by atoms with van der Waals surface area (Å²) in [5.41, 5.74) is 10.1. The van der Waals surface area contributed by atoms with Crippen LogP contribution in [0.25, 0.3) is 0 Å². The van der Waals surface area contributed by atoms with E-state index in [2.05, 4.69) is 5.32 Å². The van der Waals surface area contributed by atoms with Gasteiger partial charge < -0.3 is 27.0 Å². The van der Waals surface area contributed by atoms with E-state index in [4.69, 9.17) is 21.7 Å². The van der Waals surface area contributed by atoms with Gasteiger partial charge >= 0.3 is 5.97 Å². The Bertz CT molecular complexity index is 281. The highest BCUT2D eigenvalue weighted by Gasteiger charge is 2.17. The van der Waals surface area contributed by atoms with Gasteiger partial charge in [0.1, 0.15) is 6.10 Å². The Balaban J connectivity index is 3.87. The normalized spacial score (nSPS) is 13.9. The summed E-state index contributed by atoms with van der Waals surface area (Å²) < 4.78 is 0. The number of carboxylic acid groups (broad SMARTS) is 1. The standard InChI is InChI=1S/C8H15N3O5/c9-4(1-2-6(13)14)8(16)11-3-5(12)7(10)15/h4-5,12H,1-3,9H2,(H2,10,15)(H,11,16)(H,13,14). The Hall–Kier alpha value is -1.67. The summed E-state index contributed by atoms with van der Waals surface area (Å²) in [4.78, 5) is 31.8.